The number of aromatic nitrogens is 1. The first-order chi connectivity index (χ1) is 15.2. The van der Waals surface area contributed by atoms with Crippen LogP contribution in [0.25, 0.3) is 29.1 Å². The first-order valence-electron chi connectivity index (χ1n) is 10.1. The van der Waals surface area contributed by atoms with Gasteiger partial charge in [0, 0.05) is 11.1 Å². The molecule has 0 fully saturated rings. The third-order valence-corrected chi connectivity index (χ3v) is 5.14. The van der Waals surface area contributed by atoms with Gasteiger partial charge in [0.15, 0.2) is 5.78 Å². The van der Waals surface area contributed by atoms with E-state index in [0.29, 0.717) is 5.56 Å². The third kappa shape index (κ3) is 4.62. The summed E-state index contributed by atoms with van der Waals surface area (Å²) in [5.74, 6) is 0.714. The van der Waals surface area contributed by atoms with Gasteiger partial charge in [0.25, 0.3) is 0 Å². The number of pyridine rings is 1. The maximum Gasteiger partial charge on any atom is 0.188 e. The van der Waals surface area contributed by atoms with E-state index in [1.807, 2.05) is 104 Å². The molecule has 0 amide bonds. The number of hydrogen-bond donors (Lipinski definition) is 0. The van der Waals surface area contributed by atoms with Crippen molar-refractivity contribution in [2.75, 3.05) is 7.11 Å². The monoisotopic (exact) mass is 405 g/mol. The summed E-state index contributed by atoms with van der Waals surface area (Å²) in [5.41, 5.74) is 5.11. The van der Waals surface area contributed by atoms with Crippen molar-refractivity contribution in [2.45, 2.75) is 6.92 Å². The second-order valence-electron chi connectivity index (χ2n) is 7.22. The molecule has 3 heteroatoms. The third-order valence-electron chi connectivity index (χ3n) is 5.14. The second kappa shape index (κ2) is 9.23. The quantitative estimate of drug-likeness (QED) is 0.267. The molecule has 152 valence electrons. The van der Waals surface area contributed by atoms with Crippen LogP contribution in [0.15, 0.2) is 84.9 Å². The Balaban J connectivity index is 1.76. The van der Waals surface area contributed by atoms with Crippen molar-refractivity contribution >= 4 is 34.9 Å². The number of aryl methyl sites for hydroxylation is 1. The molecule has 1 heterocycles. The maximum atomic E-state index is 13.3. The van der Waals surface area contributed by atoms with E-state index in [9.17, 15) is 4.79 Å². The molecular formula is C28H23NO2. The molecule has 0 aliphatic heterocycles. The highest BCUT2D eigenvalue weighted by Crippen LogP contribution is 2.26. The van der Waals surface area contributed by atoms with Gasteiger partial charge < -0.3 is 4.74 Å². The molecule has 0 aliphatic rings. The van der Waals surface area contributed by atoms with E-state index >= 15 is 0 Å². The Morgan fingerprint density at radius 1 is 0.806 bits per heavy atom. The SMILES string of the molecule is COc1ccc(/C=C/C(=O)c2c(C)nc3ccccc3c2/C=C/c2ccccc2)cc1. The number of ketones is 1. The molecule has 31 heavy (non-hydrogen) atoms. The lowest BCUT2D eigenvalue weighted by Crippen LogP contribution is -2.05. The minimum atomic E-state index is -0.0701. The van der Waals surface area contributed by atoms with Crippen molar-refractivity contribution in [1.82, 2.24) is 4.98 Å². The van der Waals surface area contributed by atoms with Crippen LogP contribution in [-0.4, -0.2) is 17.9 Å². The Morgan fingerprint density at radius 2 is 1.48 bits per heavy atom. The molecule has 0 bridgehead atoms. The highest BCUT2D eigenvalue weighted by Gasteiger charge is 2.15. The molecule has 3 nitrogen and oxygen atoms in total. The van der Waals surface area contributed by atoms with Crippen molar-refractivity contribution in [3.8, 4) is 5.75 Å². The molecular weight excluding hydrogens is 382 g/mol. The number of allylic oxidation sites excluding steroid dienone is 1. The Morgan fingerprint density at radius 3 is 2.23 bits per heavy atom. The lowest BCUT2D eigenvalue weighted by molar-refractivity contribution is 0.104. The van der Waals surface area contributed by atoms with Crippen LogP contribution in [0.5, 0.6) is 5.75 Å². The Kier molecular flexibility index (Phi) is 6.04. The molecule has 0 spiro atoms. The van der Waals surface area contributed by atoms with Gasteiger partial charge in [-0.15, -0.1) is 0 Å². The van der Waals surface area contributed by atoms with Gasteiger partial charge in [0.1, 0.15) is 5.75 Å². The standard InChI is InChI=1S/C28H23NO2/c1-20-28(27(30)19-15-22-12-16-23(31-2)17-13-22)25(18-14-21-8-4-3-5-9-21)24-10-6-7-11-26(24)29-20/h3-19H,1-2H3/b18-14+,19-15+. The predicted octanol–water partition coefficient (Wildman–Crippen LogP) is 6.62. The number of benzene rings is 3. The highest BCUT2D eigenvalue weighted by molar-refractivity contribution is 6.13. The van der Waals surface area contributed by atoms with E-state index in [-0.39, 0.29) is 5.78 Å². The van der Waals surface area contributed by atoms with Crippen LogP contribution in [0.3, 0.4) is 0 Å². The summed E-state index contributed by atoms with van der Waals surface area (Å²) in [6.45, 7) is 1.89. The average Bonchev–Trinajstić information content (AvgIpc) is 2.81. The van der Waals surface area contributed by atoms with Gasteiger partial charge in [0.2, 0.25) is 0 Å². The summed E-state index contributed by atoms with van der Waals surface area (Å²) >= 11 is 0. The van der Waals surface area contributed by atoms with Gasteiger partial charge in [-0.3, -0.25) is 9.78 Å². The molecule has 1 aromatic heterocycles. The minimum absolute atomic E-state index is 0.0701. The number of hydrogen-bond acceptors (Lipinski definition) is 3. The zero-order chi connectivity index (χ0) is 21.6. The van der Waals surface area contributed by atoms with Gasteiger partial charge >= 0.3 is 0 Å². The summed E-state index contributed by atoms with van der Waals surface area (Å²) < 4.78 is 5.19. The lowest BCUT2D eigenvalue weighted by Gasteiger charge is -2.11. The van der Waals surface area contributed by atoms with Gasteiger partial charge in [-0.25, -0.2) is 0 Å². The fourth-order valence-electron chi connectivity index (χ4n) is 3.56. The molecule has 0 saturated heterocycles. The number of ether oxygens (including phenoxy) is 1. The number of carbonyl (C=O) groups excluding carboxylic acids is 1. The topological polar surface area (TPSA) is 39.2 Å². The van der Waals surface area contributed by atoms with Crippen LogP contribution < -0.4 is 4.74 Å². The zero-order valence-corrected chi connectivity index (χ0v) is 17.6. The molecule has 0 aliphatic carbocycles. The van der Waals surface area contributed by atoms with Gasteiger partial charge in [-0.1, -0.05) is 78.9 Å². The number of methoxy groups -OCH3 is 1. The van der Waals surface area contributed by atoms with Crippen molar-refractivity contribution in [3.05, 3.63) is 113 Å². The highest BCUT2D eigenvalue weighted by atomic mass is 16.5. The first-order valence-corrected chi connectivity index (χ1v) is 10.1. The van der Waals surface area contributed by atoms with E-state index in [0.717, 1.165) is 39.0 Å². The Labute approximate surface area is 182 Å². The number of fused-ring (bicyclic) bond motifs is 1. The zero-order valence-electron chi connectivity index (χ0n) is 17.6. The minimum Gasteiger partial charge on any atom is -0.497 e. The van der Waals surface area contributed by atoms with Gasteiger partial charge in [-0.2, -0.15) is 0 Å². The van der Waals surface area contributed by atoms with E-state index in [2.05, 4.69) is 4.98 Å². The van der Waals surface area contributed by atoms with Gasteiger partial charge in [-0.05, 0) is 47.9 Å². The summed E-state index contributed by atoms with van der Waals surface area (Å²) in [4.78, 5) is 17.9. The van der Waals surface area contributed by atoms with Crippen molar-refractivity contribution in [1.29, 1.82) is 0 Å². The number of nitrogens with zero attached hydrogens (tertiary/aromatic N) is 1. The fraction of sp³-hybridized carbons (Fsp3) is 0.0714. The summed E-state index contributed by atoms with van der Waals surface area (Å²) in [7, 11) is 1.63. The Bertz CT molecular complexity index is 1270. The van der Waals surface area contributed by atoms with E-state index in [1.165, 1.54) is 0 Å². The average molecular weight is 405 g/mol. The second-order valence-corrected chi connectivity index (χ2v) is 7.22. The molecule has 4 aromatic rings. The number of rotatable bonds is 6. The molecule has 0 radical (unpaired) electrons. The normalized spacial score (nSPS) is 11.4. The first kappa shape index (κ1) is 20.3. The molecule has 0 atom stereocenters. The van der Waals surface area contributed by atoms with Gasteiger partial charge in [0.05, 0.1) is 18.2 Å². The number of carbonyl (C=O) groups is 1. The largest absolute Gasteiger partial charge is 0.497 e. The molecule has 3 aromatic carbocycles. The predicted molar refractivity (Wildman–Crippen MR) is 128 cm³/mol. The van der Waals surface area contributed by atoms with E-state index < -0.39 is 0 Å². The van der Waals surface area contributed by atoms with Crippen LogP contribution >= 0.6 is 0 Å². The fourth-order valence-corrected chi connectivity index (χ4v) is 3.56. The van der Waals surface area contributed by atoms with E-state index in [1.54, 1.807) is 13.2 Å². The van der Waals surface area contributed by atoms with E-state index in [4.69, 9.17) is 4.74 Å². The molecule has 4 rings (SSSR count). The van der Waals surface area contributed by atoms with Crippen molar-refractivity contribution in [3.63, 3.8) is 0 Å². The van der Waals surface area contributed by atoms with Crippen LogP contribution in [0, 0.1) is 6.92 Å². The van der Waals surface area contributed by atoms with Crippen molar-refractivity contribution in [2.24, 2.45) is 0 Å². The molecule has 0 saturated carbocycles. The van der Waals surface area contributed by atoms with Crippen LogP contribution in [-0.2, 0) is 0 Å². The Hall–Kier alpha value is -3.98. The lowest BCUT2D eigenvalue weighted by atomic mass is 9.96. The summed E-state index contributed by atoms with van der Waals surface area (Å²) in [5, 5.41) is 0.960. The van der Waals surface area contributed by atoms with Crippen LogP contribution in [0.1, 0.15) is 32.7 Å². The van der Waals surface area contributed by atoms with Crippen LogP contribution in [0.2, 0.25) is 0 Å². The summed E-state index contributed by atoms with van der Waals surface area (Å²) in [6, 6.07) is 25.6. The van der Waals surface area contributed by atoms with Crippen molar-refractivity contribution < 1.29 is 9.53 Å². The summed E-state index contributed by atoms with van der Waals surface area (Å²) in [6.07, 6.45) is 7.48. The molecule has 0 N–H and O–H groups in total. The maximum absolute atomic E-state index is 13.3. The molecule has 0 unspecified atom stereocenters. The van der Waals surface area contributed by atoms with Crippen LogP contribution in [0.4, 0.5) is 0 Å². The smallest absolute Gasteiger partial charge is 0.188 e. The number of para-hydroxylation sites is 1.